The normalized spacial score (nSPS) is 17.5. The second-order valence-electron chi connectivity index (χ2n) is 10.9. The van der Waals surface area contributed by atoms with E-state index in [1.807, 2.05) is 45.0 Å². The van der Waals surface area contributed by atoms with E-state index < -0.39 is 63.8 Å². The van der Waals surface area contributed by atoms with Gasteiger partial charge in [-0.2, -0.15) is 13.2 Å². The number of rotatable bonds is 9. The third-order valence-electron chi connectivity index (χ3n) is 7.35. The van der Waals surface area contributed by atoms with E-state index in [1.165, 1.54) is 21.6 Å². The number of alkyl halides is 3. The number of aliphatic hydroxyl groups is 1. The fraction of sp³-hybridized carbons (Fsp3) is 0.367. The number of aromatic nitrogens is 2. The maximum absolute atomic E-state index is 13.8. The maximum atomic E-state index is 13.8. The molecule has 3 atom stereocenters. The van der Waals surface area contributed by atoms with Crippen molar-refractivity contribution in [2.24, 2.45) is 0 Å². The van der Waals surface area contributed by atoms with Gasteiger partial charge in [-0.05, 0) is 43.9 Å². The first-order valence-electron chi connectivity index (χ1n) is 13.6. The monoisotopic (exact) mass is 631 g/mol. The first-order chi connectivity index (χ1) is 20.7. The van der Waals surface area contributed by atoms with Gasteiger partial charge in [-0.25, -0.2) is 4.98 Å². The Morgan fingerprint density at radius 1 is 1.14 bits per heavy atom. The van der Waals surface area contributed by atoms with Gasteiger partial charge >= 0.3 is 6.18 Å². The molecule has 0 aliphatic carbocycles. The van der Waals surface area contributed by atoms with Crippen LogP contribution in [0.25, 0.3) is 0 Å². The number of aromatic amines is 1. The molecule has 14 heteroatoms. The number of H-pyrrole nitrogens is 1. The molecule has 44 heavy (non-hydrogen) atoms. The van der Waals surface area contributed by atoms with Gasteiger partial charge in [0.1, 0.15) is 11.6 Å². The number of amides is 3. The van der Waals surface area contributed by atoms with E-state index in [1.54, 1.807) is 30.3 Å². The Bertz CT molecular complexity index is 1580. The lowest BCUT2D eigenvalue weighted by molar-refractivity contribution is -0.147. The van der Waals surface area contributed by atoms with Crippen LogP contribution in [0.4, 0.5) is 13.2 Å². The molecule has 0 bridgehead atoms. The van der Waals surface area contributed by atoms with Crippen molar-refractivity contribution in [1.82, 2.24) is 25.5 Å². The summed E-state index contributed by atoms with van der Waals surface area (Å²) in [5.41, 5.74) is 0.431. The second kappa shape index (κ2) is 13.2. The predicted molar refractivity (Wildman–Crippen MR) is 157 cm³/mol. The molecule has 234 valence electrons. The highest BCUT2D eigenvalue weighted by Gasteiger charge is 2.49. The zero-order valence-corrected chi connectivity index (χ0v) is 25.0. The molecule has 0 radical (unpaired) electrons. The summed E-state index contributed by atoms with van der Waals surface area (Å²) in [7, 11) is 0. The number of nitrogens with one attached hydrogen (secondary N) is 3. The van der Waals surface area contributed by atoms with Gasteiger partial charge < -0.3 is 25.6 Å². The summed E-state index contributed by atoms with van der Waals surface area (Å²) in [6.45, 7) is 5.76. The van der Waals surface area contributed by atoms with Crippen molar-refractivity contribution in [3.63, 3.8) is 0 Å². The minimum Gasteiger partial charge on any atom is -0.381 e. The number of hydrogen-bond donors (Lipinski definition) is 4. The van der Waals surface area contributed by atoms with Crippen LogP contribution in [0.2, 0.25) is 0 Å². The Labute approximate surface area is 255 Å². The Kier molecular flexibility index (Phi) is 9.84. The molecule has 1 saturated heterocycles. The summed E-state index contributed by atoms with van der Waals surface area (Å²) < 4.78 is 38.1. The summed E-state index contributed by atoms with van der Waals surface area (Å²) in [4.78, 5) is 58.5. The Balaban J connectivity index is 1.57. The van der Waals surface area contributed by atoms with E-state index in [0.717, 1.165) is 11.1 Å². The highest BCUT2D eigenvalue weighted by atomic mass is 32.2. The van der Waals surface area contributed by atoms with Gasteiger partial charge in [-0.15, -0.1) is 11.8 Å². The van der Waals surface area contributed by atoms with Crippen LogP contribution in [-0.2, 0) is 28.7 Å². The van der Waals surface area contributed by atoms with Crippen LogP contribution < -0.4 is 16.2 Å². The number of hydrogen-bond acceptors (Lipinski definition) is 7. The van der Waals surface area contributed by atoms with Gasteiger partial charge in [0.15, 0.2) is 6.10 Å². The van der Waals surface area contributed by atoms with Crippen LogP contribution in [0, 0.1) is 6.92 Å². The van der Waals surface area contributed by atoms with Gasteiger partial charge in [0.05, 0.1) is 11.9 Å². The molecule has 1 unspecified atom stereocenters. The number of aryl methyl sites for hydroxylation is 1. The smallest absolute Gasteiger partial charge is 0.381 e. The highest BCUT2D eigenvalue weighted by Crippen LogP contribution is 2.40. The topological polar surface area (TPSA) is 144 Å². The van der Waals surface area contributed by atoms with E-state index in [0.29, 0.717) is 11.8 Å². The molecular formula is C30H32F3N5O5S. The van der Waals surface area contributed by atoms with Crippen LogP contribution in [0.15, 0.2) is 65.6 Å². The van der Waals surface area contributed by atoms with E-state index in [-0.39, 0.29) is 18.8 Å². The molecule has 3 aromatic rings. The van der Waals surface area contributed by atoms with Crippen LogP contribution in [0.1, 0.15) is 46.7 Å². The predicted octanol–water partition coefficient (Wildman–Crippen LogP) is 2.80. The van der Waals surface area contributed by atoms with Gasteiger partial charge in [-0.3, -0.25) is 19.2 Å². The van der Waals surface area contributed by atoms with Gasteiger partial charge in [0, 0.05) is 17.5 Å². The van der Waals surface area contributed by atoms with Crippen molar-refractivity contribution in [3.05, 3.63) is 99.2 Å². The molecule has 2 aromatic carbocycles. The lowest BCUT2D eigenvalue weighted by Gasteiger charge is -2.33. The summed E-state index contributed by atoms with van der Waals surface area (Å²) in [6, 6.07) is 13.8. The first kappa shape index (κ1) is 32.7. The summed E-state index contributed by atoms with van der Waals surface area (Å²) in [5.74, 6) is -3.88. The summed E-state index contributed by atoms with van der Waals surface area (Å²) >= 11 is 1.35. The molecule has 0 saturated carbocycles. The molecule has 1 aromatic heterocycles. The number of aliphatic hydroxyl groups excluding tert-OH is 1. The minimum atomic E-state index is -4.93. The van der Waals surface area contributed by atoms with Crippen molar-refractivity contribution in [1.29, 1.82) is 0 Å². The van der Waals surface area contributed by atoms with Crippen molar-refractivity contribution >= 4 is 29.5 Å². The average molecular weight is 632 g/mol. The lowest BCUT2D eigenvalue weighted by Crippen LogP contribution is -2.58. The SMILES string of the molecule is Cc1ccccc1CNC(=O)[C@H]1N(C(=O)[C@@H](O)C(Cc2ccccc2)NC(=O)c2cnc(C(F)(F)F)[nH]c2=O)CSC1(C)C. The van der Waals surface area contributed by atoms with Crippen molar-refractivity contribution < 1.29 is 32.7 Å². The molecule has 0 spiro atoms. The second-order valence-corrected chi connectivity index (χ2v) is 12.5. The minimum absolute atomic E-state index is 0.0695. The van der Waals surface area contributed by atoms with Crippen LogP contribution in [0.3, 0.4) is 0 Å². The molecular weight excluding hydrogens is 599 g/mol. The first-order valence-corrected chi connectivity index (χ1v) is 14.6. The Morgan fingerprint density at radius 2 is 1.80 bits per heavy atom. The van der Waals surface area contributed by atoms with Gasteiger partial charge in [0.25, 0.3) is 17.4 Å². The van der Waals surface area contributed by atoms with Crippen LogP contribution >= 0.6 is 11.8 Å². The van der Waals surface area contributed by atoms with E-state index in [2.05, 4.69) is 15.6 Å². The van der Waals surface area contributed by atoms with Crippen molar-refractivity contribution in [2.45, 2.75) is 62.8 Å². The van der Waals surface area contributed by atoms with E-state index in [4.69, 9.17) is 0 Å². The van der Waals surface area contributed by atoms with Gasteiger partial charge in [-0.1, -0.05) is 54.6 Å². The highest BCUT2D eigenvalue weighted by molar-refractivity contribution is 8.00. The number of carbonyl (C=O) groups excluding carboxylic acids is 3. The number of thioether (sulfide) groups is 1. The maximum Gasteiger partial charge on any atom is 0.449 e. The lowest BCUT2D eigenvalue weighted by atomic mass is 9.97. The quantitative estimate of drug-likeness (QED) is 0.284. The number of benzene rings is 2. The third kappa shape index (κ3) is 7.48. The summed E-state index contributed by atoms with van der Waals surface area (Å²) in [5, 5.41) is 16.6. The zero-order chi connectivity index (χ0) is 32.2. The number of nitrogens with zero attached hydrogens (tertiary/aromatic N) is 2. The third-order valence-corrected chi connectivity index (χ3v) is 8.73. The molecule has 1 fully saturated rings. The Hall–Kier alpha value is -4.17. The Morgan fingerprint density at radius 3 is 2.43 bits per heavy atom. The van der Waals surface area contributed by atoms with E-state index in [9.17, 15) is 37.5 Å². The van der Waals surface area contributed by atoms with Crippen molar-refractivity contribution in [3.8, 4) is 0 Å². The molecule has 4 N–H and O–H groups in total. The fourth-order valence-corrected chi connectivity index (χ4v) is 6.04. The molecule has 10 nitrogen and oxygen atoms in total. The largest absolute Gasteiger partial charge is 0.449 e. The van der Waals surface area contributed by atoms with E-state index >= 15 is 0 Å². The molecule has 4 rings (SSSR count). The number of halogens is 3. The number of carbonyl (C=O) groups is 3. The standard InChI is InChI=1S/C30H32F3N5O5S/c1-17-9-7-8-12-19(17)14-34-26(42)23-29(2,3)44-16-38(23)27(43)22(39)21(13-18-10-5-4-6-11-18)36-24(40)20-15-35-28(30(31,32)33)37-25(20)41/h4-12,15,21-23,39H,13-14,16H2,1-3H3,(H,34,42)(H,36,40)(H,35,37,41)/t21?,22-,23+/m0/s1. The fourth-order valence-electron chi connectivity index (χ4n) is 4.90. The average Bonchev–Trinajstić information content (AvgIpc) is 3.30. The van der Waals surface area contributed by atoms with Crippen molar-refractivity contribution in [2.75, 3.05) is 5.88 Å². The van der Waals surface area contributed by atoms with Crippen LogP contribution in [-0.4, -0.2) is 66.5 Å². The molecule has 1 aliphatic heterocycles. The van der Waals surface area contributed by atoms with Gasteiger partial charge in [0.2, 0.25) is 11.7 Å². The zero-order valence-electron chi connectivity index (χ0n) is 24.1. The summed E-state index contributed by atoms with van der Waals surface area (Å²) in [6.07, 6.45) is -6.39. The molecule has 1 aliphatic rings. The van der Waals surface area contributed by atoms with Crippen LogP contribution in [0.5, 0.6) is 0 Å². The molecule has 3 amide bonds. The molecule has 2 heterocycles.